The minimum atomic E-state index is -0.0376. The van der Waals surface area contributed by atoms with Gasteiger partial charge in [0, 0.05) is 14.1 Å². The molecule has 1 aromatic heterocycles. The van der Waals surface area contributed by atoms with Crippen LogP contribution in [0, 0.1) is 12.8 Å². The fourth-order valence-corrected chi connectivity index (χ4v) is 1.44. The lowest BCUT2D eigenvalue weighted by molar-refractivity contribution is 0.0825. The molecule has 1 heterocycles. The zero-order valence-corrected chi connectivity index (χ0v) is 10.00. The van der Waals surface area contributed by atoms with E-state index in [1.54, 1.807) is 25.9 Å². The third kappa shape index (κ3) is 2.58. The van der Waals surface area contributed by atoms with E-state index in [4.69, 9.17) is 4.52 Å². The number of aromatic nitrogens is 1. The fourth-order valence-electron chi connectivity index (χ4n) is 1.44. The largest absolute Gasteiger partial charge is 0.361 e. The Labute approximate surface area is 90.2 Å². The lowest BCUT2D eigenvalue weighted by atomic mass is 10.0. The van der Waals surface area contributed by atoms with E-state index in [-0.39, 0.29) is 5.91 Å². The Bertz CT molecular complexity index is 353. The van der Waals surface area contributed by atoms with Crippen LogP contribution < -0.4 is 0 Å². The van der Waals surface area contributed by atoms with Crippen LogP contribution >= 0.6 is 0 Å². The summed E-state index contributed by atoms with van der Waals surface area (Å²) >= 11 is 0. The molecule has 84 valence electrons. The Kier molecular flexibility index (Phi) is 3.50. The molecule has 4 nitrogen and oxygen atoms in total. The van der Waals surface area contributed by atoms with Gasteiger partial charge in [-0.05, 0) is 19.3 Å². The van der Waals surface area contributed by atoms with Crippen molar-refractivity contribution < 1.29 is 9.32 Å². The summed E-state index contributed by atoms with van der Waals surface area (Å²) in [6.45, 7) is 5.95. The van der Waals surface area contributed by atoms with Gasteiger partial charge in [0.15, 0.2) is 0 Å². The minimum Gasteiger partial charge on any atom is -0.361 e. The van der Waals surface area contributed by atoms with E-state index in [9.17, 15) is 4.79 Å². The minimum absolute atomic E-state index is 0.0376. The van der Waals surface area contributed by atoms with Crippen molar-refractivity contribution in [3.8, 4) is 0 Å². The molecule has 0 saturated heterocycles. The van der Waals surface area contributed by atoms with E-state index in [2.05, 4.69) is 19.0 Å². The van der Waals surface area contributed by atoms with Crippen LogP contribution in [-0.4, -0.2) is 30.1 Å². The first-order valence-electron chi connectivity index (χ1n) is 5.10. The number of nitrogens with zero attached hydrogens (tertiary/aromatic N) is 2. The van der Waals surface area contributed by atoms with Crippen LogP contribution in [-0.2, 0) is 6.42 Å². The number of carbonyl (C=O) groups excluding carboxylic acids is 1. The molecule has 0 fully saturated rings. The van der Waals surface area contributed by atoms with Crippen molar-refractivity contribution in [2.45, 2.75) is 27.2 Å². The summed E-state index contributed by atoms with van der Waals surface area (Å²) in [6, 6.07) is 0. The quantitative estimate of drug-likeness (QED) is 0.765. The molecule has 1 amide bonds. The number of rotatable bonds is 3. The third-order valence-corrected chi connectivity index (χ3v) is 2.16. The number of aryl methyl sites for hydroxylation is 1. The molecule has 0 unspecified atom stereocenters. The Morgan fingerprint density at radius 2 is 2.07 bits per heavy atom. The smallest absolute Gasteiger partial charge is 0.258 e. The van der Waals surface area contributed by atoms with Gasteiger partial charge in [-0.25, -0.2) is 0 Å². The normalized spacial score (nSPS) is 10.8. The van der Waals surface area contributed by atoms with Crippen LogP contribution in [0.3, 0.4) is 0 Å². The molecule has 1 aromatic rings. The lowest BCUT2D eigenvalue weighted by Gasteiger charge is -2.10. The monoisotopic (exact) mass is 210 g/mol. The van der Waals surface area contributed by atoms with Crippen molar-refractivity contribution in [3.63, 3.8) is 0 Å². The molecule has 0 radical (unpaired) electrons. The molecule has 15 heavy (non-hydrogen) atoms. The van der Waals surface area contributed by atoms with Gasteiger partial charge in [0.25, 0.3) is 5.91 Å². The van der Waals surface area contributed by atoms with E-state index in [0.29, 0.717) is 17.2 Å². The highest BCUT2D eigenvalue weighted by Gasteiger charge is 2.21. The summed E-state index contributed by atoms with van der Waals surface area (Å²) in [5.74, 6) is 1.02. The maximum absolute atomic E-state index is 11.9. The molecule has 0 aliphatic carbocycles. The molecule has 0 aliphatic heterocycles. The first-order valence-corrected chi connectivity index (χ1v) is 5.10. The molecule has 0 aliphatic rings. The standard InChI is InChI=1S/C11H18N2O2/c1-7(2)6-9-10(8(3)15-12-9)11(14)13(4)5/h7H,6H2,1-5H3. The topological polar surface area (TPSA) is 46.3 Å². The average Bonchev–Trinajstić information content (AvgIpc) is 2.45. The van der Waals surface area contributed by atoms with Crippen molar-refractivity contribution in [1.82, 2.24) is 10.1 Å². The maximum atomic E-state index is 11.9. The molecule has 0 bridgehead atoms. The van der Waals surface area contributed by atoms with Crippen LogP contribution in [0.25, 0.3) is 0 Å². The zero-order chi connectivity index (χ0) is 11.6. The number of hydrogen-bond donors (Lipinski definition) is 0. The molecule has 0 spiro atoms. The molecule has 0 aromatic carbocycles. The van der Waals surface area contributed by atoms with Gasteiger partial charge in [0.05, 0.1) is 5.69 Å². The van der Waals surface area contributed by atoms with Gasteiger partial charge < -0.3 is 9.42 Å². The molecular weight excluding hydrogens is 192 g/mol. The average molecular weight is 210 g/mol. The molecule has 1 rings (SSSR count). The molecule has 0 atom stereocenters. The highest BCUT2D eigenvalue weighted by atomic mass is 16.5. The van der Waals surface area contributed by atoms with Crippen LogP contribution in [0.5, 0.6) is 0 Å². The Hall–Kier alpha value is -1.32. The highest BCUT2D eigenvalue weighted by Crippen LogP contribution is 2.18. The van der Waals surface area contributed by atoms with Gasteiger partial charge in [0.2, 0.25) is 0 Å². The number of carbonyl (C=O) groups is 1. The van der Waals surface area contributed by atoms with E-state index < -0.39 is 0 Å². The first kappa shape index (κ1) is 11.8. The fraction of sp³-hybridized carbons (Fsp3) is 0.636. The van der Waals surface area contributed by atoms with Gasteiger partial charge >= 0.3 is 0 Å². The van der Waals surface area contributed by atoms with E-state index >= 15 is 0 Å². The zero-order valence-electron chi connectivity index (χ0n) is 10.00. The van der Waals surface area contributed by atoms with Crippen molar-refractivity contribution in [2.24, 2.45) is 5.92 Å². The lowest BCUT2D eigenvalue weighted by Crippen LogP contribution is -2.23. The summed E-state index contributed by atoms with van der Waals surface area (Å²) in [5, 5.41) is 3.94. The second-order valence-electron chi connectivity index (χ2n) is 4.36. The van der Waals surface area contributed by atoms with Crippen molar-refractivity contribution in [1.29, 1.82) is 0 Å². The van der Waals surface area contributed by atoms with Crippen LogP contribution in [0.4, 0.5) is 0 Å². The molecule has 4 heteroatoms. The molecule has 0 saturated carbocycles. The van der Waals surface area contributed by atoms with Crippen LogP contribution in [0.2, 0.25) is 0 Å². The highest BCUT2D eigenvalue weighted by molar-refractivity contribution is 5.95. The van der Waals surface area contributed by atoms with E-state index in [0.717, 1.165) is 12.1 Å². The maximum Gasteiger partial charge on any atom is 0.258 e. The van der Waals surface area contributed by atoms with Crippen molar-refractivity contribution in [3.05, 3.63) is 17.0 Å². The summed E-state index contributed by atoms with van der Waals surface area (Å²) < 4.78 is 5.07. The van der Waals surface area contributed by atoms with Crippen molar-refractivity contribution in [2.75, 3.05) is 14.1 Å². The van der Waals surface area contributed by atoms with Gasteiger partial charge in [0.1, 0.15) is 11.3 Å². The van der Waals surface area contributed by atoms with E-state index in [1.807, 2.05) is 0 Å². The van der Waals surface area contributed by atoms with Gasteiger partial charge in [-0.1, -0.05) is 19.0 Å². The Morgan fingerprint density at radius 3 is 2.53 bits per heavy atom. The van der Waals surface area contributed by atoms with Crippen LogP contribution in [0.15, 0.2) is 4.52 Å². The summed E-state index contributed by atoms with van der Waals surface area (Å²) in [5.41, 5.74) is 1.38. The summed E-state index contributed by atoms with van der Waals surface area (Å²) in [7, 11) is 3.46. The number of amides is 1. The van der Waals surface area contributed by atoms with Gasteiger partial charge in [-0.3, -0.25) is 4.79 Å². The Balaban J connectivity index is 3.04. The third-order valence-electron chi connectivity index (χ3n) is 2.16. The van der Waals surface area contributed by atoms with Crippen molar-refractivity contribution >= 4 is 5.91 Å². The SMILES string of the molecule is Cc1onc(CC(C)C)c1C(=O)N(C)C. The molecular formula is C11H18N2O2. The van der Waals surface area contributed by atoms with Gasteiger partial charge in [-0.15, -0.1) is 0 Å². The van der Waals surface area contributed by atoms with Gasteiger partial charge in [-0.2, -0.15) is 0 Å². The van der Waals surface area contributed by atoms with E-state index in [1.165, 1.54) is 0 Å². The summed E-state index contributed by atoms with van der Waals surface area (Å²) in [4.78, 5) is 13.4. The molecule has 0 N–H and O–H groups in total. The predicted octanol–water partition coefficient (Wildman–Crippen LogP) is 1.88. The van der Waals surface area contributed by atoms with Crippen LogP contribution in [0.1, 0.15) is 35.7 Å². The Morgan fingerprint density at radius 1 is 1.47 bits per heavy atom. The number of hydrogen-bond acceptors (Lipinski definition) is 3. The first-order chi connectivity index (χ1) is 6.93. The second kappa shape index (κ2) is 4.47. The second-order valence-corrected chi connectivity index (χ2v) is 4.36. The summed E-state index contributed by atoms with van der Waals surface area (Å²) in [6.07, 6.45) is 0.770. The predicted molar refractivity (Wildman–Crippen MR) is 57.8 cm³/mol.